The maximum atomic E-state index is 11.4. The number of hydrogen-bond acceptors (Lipinski definition) is 8. The van der Waals surface area contributed by atoms with Gasteiger partial charge in [0.25, 0.3) is 0 Å². The van der Waals surface area contributed by atoms with E-state index in [1.54, 1.807) is 12.3 Å². The number of nitrogens with zero attached hydrogens (tertiary/aromatic N) is 1. The number of carboxylic acids is 1. The van der Waals surface area contributed by atoms with Crippen LogP contribution in [0.5, 0.6) is 0 Å². The highest BCUT2D eigenvalue weighted by Crippen LogP contribution is 2.31. The van der Waals surface area contributed by atoms with Gasteiger partial charge in [-0.2, -0.15) is 0 Å². The van der Waals surface area contributed by atoms with Crippen molar-refractivity contribution in [3.05, 3.63) is 24.0 Å². The number of allylic oxidation sites excluding steroid dienone is 1. The minimum atomic E-state index is -1.08. The van der Waals surface area contributed by atoms with Crippen molar-refractivity contribution in [3.8, 4) is 0 Å². The molecule has 2 aliphatic rings. The number of carbonyl (C=O) groups is 3. The standard InChI is InChI=1S/C15H19NO8/c1-8(18)22-12-11(7-17)24-14(13(12)23-9(2)19)16-5-3-4-10(6-16)15(20)21/h3,5-6,11-14,17H,4,7H2,1-2H3,(H,20,21)/t11-,12?,13+,14-/m1/s1. The summed E-state index contributed by atoms with van der Waals surface area (Å²) >= 11 is 0. The molecule has 0 amide bonds. The first-order chi connectivity index (χ1) is 11.3. The van der Waals surface area contributed by atoms with Crippen LogP contribution in [-0.4, -0.2) is 64.2 Å². The lowest BCUT2D eigenvalue weighted by Gasteiger charge is -2.30. The van der Waals surface area contributed by atoms with E-state index in [0.29, 0.717) is 0 Å². The summed E-state index contributed by atoms with van der Waals surface area (Å²) in [6, 6.07) is 0. The number of esters is 2. The molecule has 0 aromatic heterocycles. The van der Waals surface area contributed by atoms with Crippen molar-refractivity contribution in [3.63, 3.8) is 0 Å². The van der Waals surface area contributed by atoms with Crippen LogP contribution in [0.25, 0.3) is 0 Å². The second-order valence-electron chi connectivity index (χ2n) is 5.39. The molecule has 4 atom stereocenters. The normalized spacial score (nSPS) is 29.1. The van der Waals surface area contributed by atoms with Gasteiger partial charge in [0.2, 0.25) is 0 Å². The van der Waals surface area contributed by atoms with Gasteiger partial charge in [-0.05, 0) is 0 Å². The van der Waals surface area contributed by atoms with Gasteiger partial charge in [-0.15, -0.1) is 0 Å². The van der Waals surface area contributed by atoms with Crippen molar-refractivity contribution in [2.24, 2.45) is 0 Å². The summed E-state index contributed by atoms with van der Waals surface area (Å²) in [5.74, 6) is -2.31. The van der Waals surface area contributed by atoms with Gasteiger partial charge in [-0.1, -0.05) is 6.08 Å². The molecule has 132 valence electrons. The molecule has 2 aliphatic heterocycles. The lowest BCUT2D eigenvalue weighted by Crippen LogP contribution is -2.44. The van der Waals surface area contributed by atoms with Crippen LogP contribution in [0.1, 0.15) is 20.3 Å². The molecule has 0 bridgehead atoms. The van der Waals surface area contributed by atoms with Crippen LogP contribution >= 0.6 is 0 Å². The molecule has 0 aromatic rings. The second-order valence-corrected chi connectivity index (χ2v) is 5.39. The Balaban J connectivity index is 2.30. The number of aliphatic carboxylic acids is 1. The predicted octanol–water partition coefficient (Wildman–Crippen LogP) is -0.245. The van der Waals surface area contributed by atoms with Gasteiger partial charge in [0.1, 0.15) is 6.10 Å². The van der Waals surface area contributed by atoms with Crippen molar-refractivity contribution in [1.82, 2.24) is 4.90 Å². The lowest BCUT2D eigenvalue weighted by molar-refractivity contribution is -0.166. The number of hydrogen-bond donors (Lipinski definition) is 2. The fourth-order valence-corrected chi connectivity index (χ4v) is 2.62. The van der Waals surface area contributed by atoms with E-state index in [2.05, 4.69) is 0 Å². The Morgan fingerprint density at radius 2 is 1.88 bits per heavy atom. The van der Waals surface area contributed by atoms with Crippen LogP contribution in [-0.2, 0) is 28.6 Å². The molecule has 1 unspecified atom stereocenters. The summed E-state index contributed by atoms with van der Waals surface area (Å²) in [5.41, 5.74) is 0.124. The molecule has 9 heteroatoms. The van der Waals surface area contributed by atoms with E-state index in [-0.39, 0.29) is 12.0 Å². The third kappa shape index (κ3) is 3.92. The fraction of sp³-hybridized carbons (Fsp3) is 0.533. The summed E-state index contributed by atoms with van der Waals surface area (Å²) in [6.45, 7) is 1.92. The van der Waals surface area contributed by atoms with Gasteiger partial charge in [-0.25, -0.2) is 4.79 Å². The van der Waals surface area contributed by atoms with E-state index < -0.39 is 49.1 Å². The summed E-state index contributed by atoms with van der Waals surface area (Å²) < 4.78 is 16.0. The van der Waals surface area contributed by atoms with E-state index in [4.69, 9.17) is 19.3 Å². The van der Waals surface area contributed by atoms with Crippen LogP contribution in [0.2, 0.25) is 0 Å². The zero-order valence-corrected chi connectivity index (χ0v) is 13.2. The average molecular weight is 341 g/mol. The summed E-state index contributed by atoms with van der Waals surface area (Å²) in [5, 5.41) is 18.6. The third-order valence-electron chi connectivity index (χ3n) is 3.56. The summed E-state index contributed by atoms with van der Waals surface area (Å²) in [7, 11) is 0. The van der Waals surface area contributed by atoms with Gasteiger partial charge in [0.05, 0.1) is 12.2 Å². The van der Waals surface area contributed by atoms with Crippen LogP contribution in [0.15, 0.2) is 24.0 Å². The minimum Gasteiger partial charge on any atom is -0.478 e. The molecule has 0 aromatic carbocycles. The van der Waals surface area contributed by atoms with Gasteiger partial charge in [0, 0.05) is 32.7 Å². The zero-order valence-electron chi connectivity index (χ0n) is 13.2. The molecule has 0 saturated carbocycles. The number of aliphatic hydroxyl groups is 1. The molecular formula is C15H19NO8. The van der Waals surface area contributed by atoms with E-state index in [0.717, 1.165) is 0 Å². The quantitative estimate of drug-likeness (QED) is 0.652. The highest BCUT2D eigenvalue weighted by atomic mass is 16.6. The molecule has 0 radical (unpaired) electrons. The highest BCUT2D eigenvalue weighted by molar-refractivity contribution is 5.87. The Labute approximate surface area is 138 Å². The van der Waals surface area contributed by atoms with Gasteiger partial charge in [0.15, 0.2) is 18.4 Å². The van der Waals surface area contributed by atoms with E-state index in [9.17, 15) is 19.5 Å². The largest absolute Gasteiger partial charge is 0.478 e. The topological polar surface area (TPSA) is 123 Å². The van der Waals surface area contributed by atoms with Crippen molar-refractivity contribution in [2.75, 3.05) is 6.61 Å². The Bertz CT molecular complexity index is 584. The van der Waals surface area contributed by atoms with Crippen molar-refractivity contribution in [1.29, 1.82) is 0 Å². The molecule has 9 nitrogen and oxygen atoms in total. The maximum absolute atomic E-state index is 11.4. The van der Waals surface area contributed by atoms with Crippen molar-refractivity contribution >= 4 is 17.9 Å². The first-order valence-electron chi connectivity index (χ1n) is 7.32. The predicted molar refractivity (Wildman–Crippen MR) is 78.2 cm³/mol. The summed E-state index contributed by atoms with van der Waals surface area (Å²) in [4.78, 5) is 35.3. The highest BCUT2D eigenvalue weighted by Gasteiger charge is 2.50. The van der Waals surface area contributed by atoms with Crippen molar-refractivity contribution < 1.29 is 38.8 Å². The second kappa shape index (κ2) is 7.45. The average Bonchev–Trinajstić information content (AvgIpc) is 2.84. The number of carbonyl (C=O) groups excluding carboxylic acids is 2. The molecule has 1 fully saturated rings. The van der Waals surface area contributed by atoms with Crippen LogP contribution in [0.4, 0.5) is 0 Å². The van der Waals surface area contributed by atoms with E-state index in [1.165, 1.54) is 24.9 Å². The number of ether oxygens (including phenoxy) is 3. The lowest BCUT2D eigenvalue weighted by atomic mass is 10.1. The number of rotatable bonds is 5. The zero-order chi connectivity index (χ0) is 17.9. The first-order valence-corrected chi connectivity index (χ1v) is 7.32. The fourth-order valence-electron chi connectivity index (χ4n) is 2.62. The van der Waals surface area contributed by atoms with Crippen molar-refractivity contribution in [2.45, 2.75) is 44.8 Å². The van der Waals surface area contributed by atoms with Crippen LogP contribution in [0.3, 0.4) is 0 Å². The van der Waals surface area contributed by atoms with Crippen LogP contribution < -0.4 is 0 Å². The molecule has 24 heavy (non-hydrogen) atoms. The molecule has 2 N–H and O–H groups in total. The number of carboxylic acid groups (broad SMARTS) is 1. The smallest absolute Gasteiger partial charge is 0.333 e. The van der Waals surface area contributed by atoms with E-state index in [1.807, 2.05) is 0 Å². The maximum Gasteiger partial charge on any atom is 0.333 e. The Kier molecular flexibility index (Phi) is 5.58. The minimum absolute atomic E-state index is 0.124. The van der Waals surface area contributed by atoms with E-state index >= 15 is 0 Å². The SMILES string of the molecule is CC(=O)OC1[C@@H](CO)O[C@@H](N2C=CCC(C(=O)O)=C2)[C@H]1OC(C)=O. The Morgan fingerprint density at radius 1 is 1.25 bits per heavy atom. The first kappa shape index (κ1) is 18.0. The number of aliphatic hydroxyl groups excluding tert-OH is 1. The summed E-state index contributed by atoms with van der Waals surface area (Å²) in [6.07, 6.45) is 0.947. The van der Waals surface area contributed by atoms with Crippen LogP contribution in [0, 0.1) is 0 Å². The monoisotopic (exact) mass is 341 g/mol. The van der Waals surface area contributed by atoms with Gasteiger partial charge in [-0.3, -0.25) is 9.59 Å². The Hall–Kier alpha value is -2.39. The molecular weight excluding hydrogens is 322 g/mol. The Morgan fingerprint density at radius 3 is 2.42 bits per heavy atom. The molecule has 2 heterocycles. The molecule has 0 spiro atoms. The molecule has 1 saturated heterocycles. The van der Waals surface area contributed by atoms with Gasteiger partial charge < -0.3 is 29.3 Å². The molecule has 2 rings (SSSR count). The molecule has 0 aliphatic carbocycles. The third-order valence-corrected chi connectivity index (χ3v) is 3.56. The van der Waals surface area contributed by atoms with Gasteiger partial charge >= 0.3 is 17.9 Å².